The number of aromatic nitrogens is 2. The zero-order valence-electron chi connectivity index (χ0n) is 12.5. The summed E-state index contributed by atoms with van der Waals surface area (Å²) in [5.74, 6) is 0. The quantitative estimate of drug-likeness (QED) is 0.897. The number of nitrogens with zero attached hydrogens (tertiary/aromatic N) is 2. The van der Waals surface area contributed by atoms with Crippen molar-refractivity contribution >= 4 is 6.03 Å². The van der Waals surface area contributed by atoms with E-state index in [-0.39, 0.29) is 24.7 Å². The molecule has 8 heteroatoms. The molecule has 2 rings (SSSR count). The van der Waals surface area contributed by atoms with E-state index in [4.69, 9.17) is 0 Å². The van der Waals surface area contributed by atoms with E-state index in [0.29, 0.717) is 0 Å². The van der Waals surface area contributed by atoms with Gasteiger partial charge in [-0.1, -0.05) is 19.3 Å². The largest absolute Gasteiger partial charge is 0.435 e. The Kier molecular flexibility index (Phi) is 5.31. The highest BCUT2D eigenvalue weighted by Gasteiger charge is 2.33. The number of carbonyl (C=O) groups is 1. The van der Waals surface area contributed by atoms with Crippen molar-refractivity contribution in [3.8, 4) is 0 Å². The number of amides is 2. The van der Waals surface area contributed by atoms with Crippen LogP contribution in [-0.2, 0) is 12.7 Å². The van der Waals surface area contributed by atoms with Crippen LogP contribution in [0, 0.1) is 0 Å². The smallest absolute Gasteiger partial charge is 0.335 e. The molecule has 1 saturated carbocycles. The fourth-order valence-electron chi connectivity index (χ4n) is 2.64. The van der Waals surface area contributed by atoms with Gasteiger partial charge >= 0.3 is 12.2 Å². The molecule has 0 bridgehead atoms. The second kappa shape index (κ2) is 7.02. The summed E-state index contributed by atoms with van der Waals surface area (Å²) in [5.41, 5.74) is -0.925. The third kappa shape index (κ3) is 4.92. The number of alkyl halides is 3. The normalized spacial score (nSPS) is 18.0. The van der Waals surface area contributed by atoms with Crippen LogP contribution >= 0.6 is 0 Å². The van der Waals surface area contributed by atoms with Crippen molar-refractivity contribution in [1.82, 2.24) is 20.4 Å². The molecule has 1 fully saturated rings. The molecule has 1 heterocycles. The highest BCUT2D eigenvalue weighted by Crippen LogP contribution is 2.27. The van der Waals surface area contributed by atoms with Crippen molar-refractivity contribution < 1.29 is 18.0 Å². The molecule has 0 aromatic carbocycles. The molecule has 0 radical (unpaired) electrons. The van der Waals surface area contributed by atoms with Crippen LogP contribution in [0.15, 0.2) is 12.3 Å². The van der Waals surface area contributed by atoms with E-state index < -0.39 is 11.9 Å². The zero-order chi connectivity index (χ0) is 16.2. The number of nitrogens with one attached hydrogen (secondary N) is 2. The van der Waals surface area contributed by atoms with Crippen molar-refractivity contribution in [1.29, 1.82) is 0 Å². The summed E-state index contributed by atoms with van der Waals surface area (Å²) in [5, 5.41) is 9.10. The van der Waals surface area contributed by atoms with E-state index in [1.165, 1.54) is 17.3 Å². The SMILES string of the molecule is C[C@H](Cn1ccc(C(F)(F)F)n1)NC(=O)NC1CCCCC1. The lowest BCUT2D eigenvalue weighted by atomic mass is 9.96. The van der Waals surface area contributed by atoms with E-state index >= 15 is 0 Å². The average Bonchev–Trinajstić information content (AvgIpc) is 2.87. The first-order valence-corrected chi connectivity index (χ1v) is 7.52. The Bertz CT molecular complexity index is 495. The van der Waals surface area contributed by atoms with Crippen LogP contribution in [0.4, 0.5) is 18.0 Å². The summed E-state index contributed by atoms with van der Waals surface area (Å²) in [6.07, 6.45) is 2.23. The molecule has 0 aliphatic heterocycles. The average molecular weight is 318 g/mol. The number of rotatable bonds is 4. The Balaban J connectivity index is 1.78. The van der Waals surface area contributed by atoms with Crippen LogP contribution in [0.25, 0.3) is 0 Å². The topological polar surface area (TPSA) is 59.0 Å². The predicted octanol–water partition coefficient (Wildman–Crippen LogP) is 2.92. The third-order valence-electron chi connectivity index (χ3n) is 3.71. The molecule has 2 amide bonds. The Labute approximate surface area is 127 Å². The summed E-state index contributed by atoms with van der Waals surface area (Å²) in [6, 6.07) is 0.532. The molecule has 1 aliphatic carbocycles. The molecule has 5 nitrogen and oxygen atoms in total. The molecular weight excluding hydrogens is 297 g/mol. The predicted molar refractivity (Wildman–Crippen MR) is 75.2 cm³/mol. The van der Waals surface area contributed by atoms with E-state index in [2.05, 4.69) is 15.7 Å². The summed E-state index contributed by atoms with van der Waals surface area (Å²) < 4.78 is 38.5. The summed E-state index contributed by atoms with van der Waals surface area (Å²) >= 11 is 0. The molecule has 1 aliphatic rings. The van der Waals surface area contributed by atoms with Gasteiger partial charge in [-0.05, 0) is 25.8 Å². The number of carbonyl (C=O) groups excluding carboxylic acids is 1. The maximum absolute atomic E-state index is 12.5. The van der Waals surface area contributed by atoms with Gasteiger partial charge in [0.2, 0.25) is 0 Å². The van der Waals surface area contributed by atoms with Crippen LogP contribution in [0.3, 0.4) is 0 Å². The van der Waals surface area contributed by atoms with Gasteiger partial charge in [0.25, 0.3) is 0 Å². The molecular formula is C14H21F3N4O. The molecule has 0 saturated heterocycles. The first-order valence-electron chi connectivity index (χ1n) is 7.52. The van der Waals surface area contributed by atoms with E-state index in [0.717, 1.165) is 31.7 Å². The third-order valence-corrected chi connectivity index (χ3v) is 3.71. The van der Waals surface area contributed by atoms with Gasteiger partial charge in [-0.25, -0.2) is 4.79 Å². The van der Waals surface area contributed by atoms with Crippen LogP contribution in [0.2, 0.25) is 0 Å². The van der Waals surface area contributed by atoms with Crippen molar-refractivity contribution in [2.45, 2.75) is 63.8 Å². The van der Waals surface area contributed by atoms with E-state index in [9.17, 15) is 18.0 Å². The van der Waals surface area contributed by atoms with Gasteiger partial charge in [-0.15, -0.1) is 0 Å². The fraction of sp³-hybridized carbons (Fsp3) is 0.714. The standard InChI is InChI=1S/C14H21F3N4O/c1-10(9-21-8-7-12(20-21)14(15,16)17)18-13(22)19-11-5-3-2-4-6-11/h7-8,10-11H,2-6,9H2,1H3,(H2,18,19,22)/t10-/m1/s1. The summed E-state index contributed by atoms with van der Waals surface area (Å²) in [7, 11) is 0. The Morgan fingerprint density at radius 3 is 2.68 bits per heavy atom. The van der Waals surface area contributed by atoms with Crippen LogP contribution in [0.5, 0.6) is 0 Å². The van der Waals surface area contributed by atoms with Gasteiger partial charge < -0.3 is 10.6 Å². The van der Waals surface area contributed by atoms with Gasteiger partial charge in [-0.3, -0.25) is 4.68 Å². The van der Waals surface area contributed by atoms with Crippen LogP contribution in [-0.4, -0.2) is 27.9 Å². The lowest BCUT2D eigenvalue weighted by Gasteiger charge is -2.24. The summed E-state index contributed by atoms with van der Waals surface area (Å²) in [6.45, 7) is 1.92. The second-order valence-corrected chi connectivity index (χ2v) is 5.77. The Morgan fingerprint density at radius 2 is 2.09 bits per heavy atom. The Morgan fingerprint density at radius 1 is 1.41 bits per heavy atom. The highest BCUT2D eigenvalue weighted by molar-refractivity contribution is 5.74. The van der Waals surface area contributed by atoms with Gasteiger partial charge in [0.1, 0.15) is 0 Å². The van der Waals surface area contributed by atoms with Crippen LogP contribution < -0.4 is 10.6 Å². The molecule has 1 aromatic rings. The minimum atomic E-state index is -4.44. The van der Waals surface area contributed by atoms with Crippen molar-refractivity contribution in [2.75, 3.05) is 0 Å². The number of urea groups is 1. The molecule has 22 heavy (non-hydrogen) atoms. The van der Waals surface area contributed by atoms with Crippen LogP contribution in [0.1, 0.15) is 44.7 Å². The van der Waals surface area contributed by atoms with Gasteiger partial charge in [0.05, 0.1) is 6.54 Å². The lowest BCUT2D eigenvalue weighted by Crippen LogP contribution is -2.47. The first kappa shape index (κ1) is 16.6. The molecule has 0 spiro atoms. The lowest BCUT2D eigenvalue weighted by molar-refractivity contribution is -0.141. The Hall–Kier alpha value is -1.73. The fourth-order valence-corrected chi connectivity index (χ4v) is 2.64. The maximum atomic E-state index is 12.5. The van der Waals surface area contributed by atoms with Gasteiger partial charge in [-0.2, -0.15) is 18.3 Å². The maximum Gasteiger partial charge on any atom is 0.435 e. The number of hydrogen-bond acceptors (Lipinski definition) is 2. The highest BCUT2D eigenvalue weighted by atomic mass is 19.4. The van der Waals surface area contributed by atoms with E-state index in [1.54, 1.807) is 6.92 Å². The molecule has 2 N–H and O–H groups in total. The van der Waals surface area contributed by atoms with E-state index in [1.807, 2.05) is 0 Å². The second-order valence-electron chi connectivity index (χ2n) is 5.77. The van der Waals surface area contributed by atoms with Crippen molar-refractivity contribution in [3.05, 3.63) is 18.0 Å². The van der Waals surface area contributed by atoms with Crippen molar-refractivity contribution in [3.63, 3.8) is 0 Å². The minimum absolute atomic E-state index is 0.189. The number of halogens is 3. The number of hydrogen-bond donors (Lipinski definition) is 2. The molecule has 1 aromatic heterocycles. The monoisotopic (exact) mass is 318 g/mol. The minimum Gasteiger partial charge on any atom is -0.335 e. The molecule has 1 atom stereocenters. The van der Waals surface area contributed by atoms with Gasteiger partial charge in [0.15, 0.2) is 5.69 Å². The van der Waals surface area contributed by atoms with Gasteiger partial charge in [0, 0.05) is 18.3 Å². The summed E-state index contributed by atoms with van der Waals surface area (Å²) in [4.78, 5) is 11.8. The first-order chi connectivity index (χ1) is 10.3. The molecule has 0 unspecified atom stereocenters. The molecule has 124 valence electrons. The zero-order valence-corrected chi connectivity index (χ0v) is 12.5. The van der Waals surface area contributed by atoms with Crippen molar-refractivity contribution in [2.24, 2.45) is 0 Å².